The van der Waals surface area contributed by atoms with E-state index in [2.05, 4.69) is 12.1 Å². The fraction of sp³-hybridized carbons (Fsp3) is 0.588. The second kappa shape index (κ2) is 7.01. The highest BCUT2D eigenvalue weighted by atomic mass is 32.2. The van der Waals surface area contributed by atoms with Gasteiger partial charge < -0.3 is 9.80 Å². The van der Waals surface area contributed by atoms with Crippen LogP contribution in [0, 0.1) is 0 Å². The molecule has 0 aromatic heterocycles. The number of nitrogens with one attached hydrogen (secondary N) is 1. The van der Waals surface area contributed by atoms with E-state index >= 15 is 0 Å². The molecule has 1 aromatic carbocycles. The van der Waals surface area contributed by atoms with Crippen molar-refractivity contribution in [2.24, 2.45) is 0 Å². The number of hydrogen-bond donors (Lipinski definition) is 1. The summed E-state index contributed by atoms with van der Waals surface area (Å²) in [7, 11) is -2.82. The average molecular weight is 337 g/mol. The van der Waals surface area contributed by atoms with Crippen LogP contribution in [0.2, 0.25) is 0 Å². The molecule has 0 unspecified atom stereocenters. The zero-order chi connectivity index (χ0) is 16.3. The number of rotatable bonds is 4. The lowest BCUT2D eigenvalue weighted by Gasteiger charge is -2.35. The summed E-state index contributed by atoms with van der Waals surface area (Å²) < 4.78 is 23.2. The number of carbonyl (C=O) groups is 1. The number of benzene rings is 1. The van der Waals surface area contributed by atoms with Crippen molar-refractivity contribution in [1.82, 2.24) is 4.90 Å². The molecule has 5 nitrogen and oxygen atoms in total. The van der Waals surface area contributed by atoms with Crippen molar-refractivity contribution in [2.45, 2.75) is 25.3 Å². The lowest BCUT2D eigenvalue weighted by molar-refractivity contribution is -0.925. The number of amides is 1. The van der Waals surface area contributed by atoms with Crippen molar-refractivity contribution in [1.29, 1.82) is 0 Å². The third-order valence-electron chi connectivity index (χ3n) is 5.04. The van der Waals surface area contributed by atoms with Crippen LogP contribution in [-0.4, -0.2) is 63.0 Å². The van der Waals surface area contributed by atoms with Crippen LogP contribution >= 0.6 is 0 Å². The maximum Gasteiger partial charge on any atom is 0.223 e. The van der Waals surface area contributed by atoms with Gasteiger partial charge in [-0.3, -0.25) is 4.79 Å². The Morgan fingerprint density at radius 3 is 2.48 bits per heavy atom. The molecule has 2 aliphatic rings. The topological polar surface area (TPSA) is 58.9 Å². The predicted molar refractivity (Wildman–Crippen MR) is 89.1 cm³/mol. The summed E-state index contributed by atoms with van der Waals surface area (Å²) in [5.74, 6) is 0.873. The standard InChI is InChI=1S/C17H24N2O3S/c20-17(7-6-15-4-2-1-3-5-15)19-11-9-18(10-12-19)16-8-13-23(21,22)14-16/h1-5,16H,6-14H2/p+1/t16-/m1/s1. The molecule has 2 aliphatic heterocycles. The molecule has 3 rings (SSSR count). The summed E-state index contributed by atoms with van der Waals surface area (Å²) >= 11 is 0. The van der Waals surface area contributed by atoms with Gasteiger partial charge in [-0.2, -0.15) is 0 Å². The molecule has 2 heterocycles. The molecule has 6 heteroatoms. The van der Waals surface area contributed by atoms with Crippen molar-refractivity contribution in [3.05, 3.63) is 35.9 Å². The Hall–Kier alpha value is -1.40. The number of quaternary nitrogens is 1. The van der Waals surface area contributed by atoms with Crippen molar-refractivity contribution in [3.63, 3.8) is 0 Å². The molecule has 1 atom stereocenters. The van der Waals surface area contributed by atoms with E-state index in [1.165, 1.54) is 10.5 Å². The van der Waals surface area contributed by atoms with Gasteiger partial charge in [0.05, 0.1) is 31.9 Å². The minimum absolute atomic E-state index is 0.215. The number of hydrogen-bond acceptors (Lipinski definition) is 3. The predicted octanol–water partition coefficient (Wildman–Crippen LogP) is -0.467. The summed E-state index contributed by atoms with van der Waals surface area (Å²) in [6, 6.07) is 10.3. The Labute approximate surface area is 138 Å². The summed E-state index contributed by atoms with van der Waals surface area (Å²) in [6.45, 7) is 3.24. The smallest absolute Gasteiger partial charge is 0.223 e. The Morgan fingerprint density at radius 1 is 1.17 bits per heavy atom. The lowest BCUT2D eigenvalue weighted by Crippen LogP contribution is -3.18. The molecule has 0 spiro atoms. The third kappa shape index (κ3) is 4.32. The van der Waals surface area contributed by atoms with Crippen LogP contribution < -0.4 is 4.90 Å². The quantitative estimate of drug-likeness (QED) is 0.808. The molecule has 0 radical (unpaired) electrons. The van der Waals surface area contributed by atoms with Crippen LogP contribution in [0.25, 0.3) is 0 Å². The van der Waals surface area contributed by atoms with Gasteiger partial charge in [0.25, 0.3) is 0 Å². The van der Waals surface area contributed by atoms with Gasteiger partial charge in [-0.1, -0.05) is 30.3 Å². The molecule has 0 aliphatic carbocycles. The van der Waals surface area contributed by atoms with Gasteiger partial charge in [0.2, 0.25) is 5.91 Å². The zero-order valence-corrected chi connectivity index (χ0v) is 14.2. The lowest BCUT2D eigenvalue weighted by atomic mass is 10.1. The molecule has 0 bridgehead atoms. The molecule has 1 amide bonds. The first-order valence-corrected chi connectivity index (χ1v) is 10.2. The zero-order valence-electron chi connectivity index (χ0n) is 13.4. The van der Waals surface area contributed by atoms with Gasteiger partial charge in [0, 0.05) is 12.8 Å². The minimum atomic E-state index is -2.82. The SMILES string of the molecule is O=C(CCc1ccccc1)N1CC[NH+]([C@@H]2CCS(=O)(=O)C2)CC1. The van der Waals surface area contributed by atoms with Gasteiger partial charge in [-0.05, 0) is 12.0 Å². The molecule has 23 heavy (non-hydrogen) atoms. The average Bonchev–Trinajstić information content (AvgIpc) is 2.94. The van der Waals surface area contributed by atoms with Gasteiger partial charge in [0.15, 0.2) is 9.84 Å². The fourth-order valence-electron chi connectivity index (χ4n) is 3.62. The highest BCUT2D eigenvalue weighted by Gasteiger charge is 2.37. The summed E-state index contributed by atoms with van der Waals surface area (Å²) in [5, 5.41) is 0. The van der Waals surface area contributed by atoms with E-state index in [1.807, 2.05) is 23.1 Å². The molecule has 0 saturated carbocycles. The molecule has 1 N–H and O–H groups in total. The van der Waals surface area contributed by atoms with Crippen LogP contribution in [0.5, 0.6) is 0 Å². The summed E-state index contributed by atoms with van der Waals surface area (Å²) in [4.78, 5) is 15.6. The maximum atomic E-state index is 12.3. The van der Waals surface area contributed by atoms with Crippen molar-refractivity contribution >= 4 is 15.7 Å². The van der Waals surface area contributed by atoms with Crippen molar-refractivity contribution < 1.29 is 18.1 Å². The molecule has 2 saturated heterocycles. The largest absolute Gasteiger partial charge is 0.331 e. The van der Waals surface area contributed by atoms with E-state index in [0.717, 1.165) is 39.0 Å². The fourth-order valence-corrected chi connectivity index (χ4v) is 5.45. The maximum absolute atomic E-state index is 12.3. The van der Waals surface area contributed by atoms with E-state index in [-0.39, 0.29) is 11.9 Å². The number of sulfone groups is 1. The first-order chi connectivity index (χ1) is 11.0. The van der Waals surface area contributed by atoms with Crippen LogP contribution in [0.15, 0.2) is 30.3 Å². The van der Waals surface area contributed by atoms with Crippen molar-refractivity contribution in [3.8, 4) is 0 Å². The summed E-state index contributed by atoms with van der Waals surface area (Å²) in [5.41, 5.74) is 1.20. The second-order valence-electron chi connectivity index (χ2n) is 6.62. The van der Waals surface area contributed by atoms with E-state index in [0.29, 0.717) is 17.9 Å². The van der Waals surface area contributed by atoms with Crippen LogP contribution in [0.1, 0.15) is 18.4 Å². The van der Waals surface area contributed by atoms with Gasteiger partial charge >= 0.3 is 0 Å². The molecule has 2 fully saturated rings. The van der Waals surface area contributed by atoms with Gasteiger partial charge in [-0.25, -0.2) is 8.42 Å². The summed E-state index contributed by atoms with van der Waals surface area (Å²) in [6.07, 6.45) is 2.12. The van der Waals surface area contributed by atoms with Crippen LogP contribution in [-0.2, 0) is 21.1 Å². The number of nitrogens with zero attached hydrogens (tertiary/aromatic N) is 1. The van der Waals surface area contributed by atoms with Crippen LogP contribution in [0.3, 0.4) is 0 Å². The van der Waals surface area contributed by atoms with E-state index in [1.54, 1.807) is 0 Å². The number of aryl methyl sites for hydroxylation is 1. The highest BCUT2D eigenvalue weighted by Crippen LogP contribution is 2.10. The van der Waals surface area contributed by atoms with Crippen LogP contribution in [0.4, 0.5) is 0 Å². The first-order valence-electron chi connectivity index (χ1n) is 8.40. The third-order valence-corrected chi connectivity index (χ3v) is 6.81. The Morgan fingerprint density at radius 2 is 1.87 bits per heavy atom. The normalized spacial score (nSPS) is 24.7. The molecule has 126 valence electrons. The molecule has 1 aromatic rings. The van der Waals surface area contributed by atoms with E-state index < -0.39 is 9.84 Å². The Kier molecular flexibility index (Phi) is 5.02. The Bertz CT molecular complexity index is 637. The van der Waals surface area contributed by atoms with Gasteiger partial charge in [0.1, 0.15) is 11.8 Å². The second-order valence-corrected chi connectivity index (χ2v) is 8.85. The number of piperazine rings is 1. The van der Waals surface area contributed by atoms with Crippen molar-refractivity contribution in [2.75, 3.05) is 37.7 Å². The highest BCUT2D eigenvalue weighted by molar-refractivity contribution is 7.91. The molecular formula is C17H25N2O3S+. The minimum Gasteiger partial charge on any atom is -0.331 e. The van der Waals surface area contributed by atoms with E-state index in [4.69, 9.17) is 0 Å². The monoisotopic (exact) mass is 337 g/mol. The Balaban J connectivity index is 1.44. The number of carbonyl (C=O) groups excluding carboxylic acids is 1. The van der Waals surface area contributed by atoms with E-state index in [9.17, 15) is 13.2 Å². The van der Waals surface area contributed by atoms with Gasteiger partial charge in [-0.15, -0.1) is 0 Å². The molecular weight excluding hydrogens is 312 g/mol. The first kappa shape index (κ1) is 16.5.